The molecule has 1 aliphatic rings. The lowest BCUT2D eigenvalue weighted by Gasteiger charge is -2.28. The van der Waals surface area contributed by atoms with E-state index in [1.165, 1.54) is 6.07 Å². The van der Waals surface area contributed by atoms with E-state index in [9.17, 15) is 13.2 Å². The first kappa shape index (κ1) is 12.1. The smallest absolute Gasteiger partial charge is 0.254 e. The predicted molar refractivity (Wildman–Crippen MR) is 63.1 cm³/mol. The van der Waals surface area contributed by atoms with Crippen molar-refractivity contribution in [2.24, 2.45) is 5.14 Å². The summed E-state index contributed by atoms with van der Waals surface area (Å²) in [7, 11) is -3.76. The number of hydrogen-bond donors (Lipinski definition) is 1. The number of carbonyl (C=O) groups excluding carboxylic acids is 1. The molecule has 0 atom stereocenters. The molecule has 2 rings (SSSR count). The lowest BCUT2D eigenvalue weighted by Crippen LogP contribution is -2.38. The van der Waals surface area contributed by atoms with Crippen LogP contribution in [0.3, 0.4) is 0 Å². The van der Waals surface area contributed by atoms with Crippen LogP contribution in [0.4, 0.5) is 0 Å². The maximum absolute atomic E-state index is 12.0. The molecule has 0 fully saturated rings. The Hall–Kier alpha value is -1.40. The summed E-state index contributed by atoms with van der Waals surface area (Å²) in [6.07, 6.45) is 0.529. The normalized spacial score (nSPS) is 15.9. The first-order valence-corrected chi connectivity index (χ1v) is 6.93. The van der Waals surface area contributed by atoms with E-state index >= 15 is 0 Å². The van der Waals surface area contributed by atoms with Gasteiger partial charge in [0.2, 0.25) is 10.0 Å². The van der Waals surface area contributed by atoms with Gasteiger partial charge < -0.3 is 4.90 Å². The molecule has 17 heavy (non-hydrogen) atoms. The van der Waals surface area contributed by atoms with Gasteiger partial charge in [0.05, 0.1) is 4.90 Å². The Kier molecular flexibility index (Phi) is 2.92. The highest BCUT2D eigenvalue weighted by molar-refractivity contribution is 7.89. The van der Waals surface area contributed by atoms with Crippen LogP contribution < -0.4 is 5.14 Å². The summed E-state index contributed by atoms with van der Waals surface area (Å²) < 4.78 is 22.8. The maximum Gasteiger partial charge on any atom is 0.254 e. The molecule has 1 amide bonds. The zero-order valence-electron chi connectivity index (χ0n) is 9.51. The third-order valence-corrected chi connectivity index (χ3v) is 3.97. The molecule has 6 heteroatoms. The number of primary sulfonamides is 1. The SMILES string of the molecule is CCN1CCc2c(cccc2S(N)(=O)=O)C1=O. The van der Waals surface area contributed by atoms with Crippen molar-refractivity contribution in [3.05, 3.63) is 29.3 Å². The number of nitrogens with zero attached hydrogens (tertiary/aromatic N) is 1. The molecule has 1 aliphatic heterocycles. The van der Waals surface area contributed by atoms with Crippen molar-refractivity contribution >= 4 is 15.9 Å². The van der Waals surface area contributed by atoms with Crippen molar-refractivity contribution in [2.45, 2.75) is 18.2 Å². The molecule has 1 aromatic rings. The summed E-state index contributed by atoms with van der Waals surface area (Å²) in [5.41, 5.74) is 0.995. The molecule has 2 N–H and O–H groups in total. The molecule has 92 valence electrons. The van der Waals surface area contributed by atoms with E-state index < -0.39 is 10.0 Å². The Morgan fingerprint density at radius 1 is 1.41 bits per heavy atom. The van der Waals surface area contributed by atoms with Gasteiger partial charge >= 0.3 is 0 Å². The van der Waals surface area contributed by atoms with Gasteiger partial charge in [0.1, 0.15) is 0 Å². The summed E-state index contributed by atoms with van der Waals surface area (Å²) in [6.45, 7) is 3.05. The lowest BCUT2D eigenvalue weighted by molar-refractivity contribution is 0.0748. The first-order valence-electron chi connectivity index (χ1n) is 5.39. The standard InChI is InChI=1S/C11H14N2O3S/c1-2-13-7-6-8-9(11(13)14)4-3-5-10(8)17(12,15)16/h3-5H,2,6-7H2,1H3,(H2,12,15,16). The maximum atomic E-state index is 12.0. The third kappa shape index (κ3) is 2.05. The molecule has 0 saturated heterocycles. The monoisotopic (exact) mass is 254 g/mol. The second-order valence-corrected chi connectivity index (χ2v) is 5.49. The number of amides is 1. The van der Waals surface area contributed by atoms with Gasteiger partial charge in [0.15, 0.2) is 0 Å². The molecule has 5 nitrogen and oxygen atoms in total. The van der Waals surface area contributed by atoms with Gasteiger partial charge in [0.25, 0.3) is 5.91 Å². The van der Waals surface area contributed by atoms with Crippen LogP contribution in [0.5, 0.6) is 0 Å². The molecule has 0 aromatic heterocycles. The summed E-state index contributed by atoms with van der Waals surface area (Å²) >= 11 is 0. The zero-order chi connectivity index (χ0) is 12.6. The number of carbonyl (C=O) groups is 1. The molecule has 0 radical (unpaired) electrons. The van der Waals surface area contributed by atoms with Crippen molar-refractivity contribution < 1.29 is 13.2 Å². The van der Waals surface area contributed by atoms with Crippen molar-refractivity contribution in [1.82, 2.24) is 4.90 Å². The van der Waals surface area contributed by atoms with E-state index in [0.717, 1.165) is 0 Å². The van der Waals surface area contributed by atoms with Gasteiger partial charge in [-0.2, -0.15) is 0 Å². The highest BCUT2D eigenvalue weighted by Gasteiger charge is 2.27. The summed E-state index contributed by atoms with van der Waals surface area (Å²) in [4.78, 5) is 13.8. The first-order chi connectivity index (χ1) is 7.95. The minimum Gasteiger partial charge on any atom is -0.339 e. The number of likely N-dealkylation sites (N-methyl/N-ethyl adjacent to an activating group) is 1. The van der Waals surface area contributed by atoms with Crippen LogP contribution in [0.2, 0.25) is 0 Å². The summed E-state index contributed by atoms with van der Waals surface area (Å²) in [5.74, 6) is -0.126. The van der Waals surface area contributed by atoms with Crippen molar-refractivity contribution in [3.63, 3.8) is 0 Å². The molecule has 0 spiro atoms. The largest absolute Gasteiger partial charge is 0.339 e. The van der Waals surface area contributed by atoms with Crippen LogP contribution in [-0.2, 0) is 16.4 Å². The fourth-order valence-electron chi connectivity index (χ4n) is 2.11. The van der Waals surface area contributed by atoms with E-state index in [1.54, 1.807) is 17.0 Å². The van der Waals surface area contributed by atoms with Gasteiger partial charge in [0, 0.05) is 18.7 Å². The minimum atomic E-state index is -3.76. The summed E-state index contributed by atoms with van der Waals surface area (Å²) in [5, 5.41) is 5.14. The van der Waals surface area contributed by atoms with Gasteiger partial charge in [-0.25, -0.2) is 13.6 Å². The molecule has 0 unspecified atom stereocenters. The van der Waals surface area contributed by atoms with Gasteiger partial charge in [-0.05, 0) is 31.0 Å². The van der Waals surface area contributed by atoms with E-state index in [0.29, 0.717) is 30.6 Å². The Morgan fingerprint density at radius 3 is 2.71 bits per heavy atom. The van der Waals surface area contributed by atoms with E-state index in [-0.39, 0.29) is 10.8 Å². The van der Waals surface area contributed by atoms with Crippen LogP contribution in [0.15, 0.2) is 23.1 Å². The predicted octanol–water partition coefficient (Wildman–Crippen LogP) is 0.352. The average Bonchev–Trinajstić information content (AvgIpc) is 2.28. The fraction of sp³-hybridized carbons (Fsp3) is 0.364. The highest BCUT2D eigenvalue weighted by Crippen LogP contribution is 2.24. The molecule has 0 bridgehead atoms. The minimum absolute atomic E-state index is 0.0686. The van der Waals surface area contributed by atoms with Crippen LogP contribution in [-0.4, -0.2) is 32.3 Å². The second kappa shape index (κ2) is 4.12. The Bertz CT molecular complexity index is 566. The Morgan fingerprint density at radius 2 is 2.12 bits per heavy atom. The quantitative estimate of drug-likeness (QED) is 0.827. The number of fused-ring (bicyclic) bond motifs is 1. The lowest BCUT2D eigenvalue weighted by atomic mass is 9.99. The molecule has 0 saturated carbocycles. The van der Waals surface area contributed by atoms with Gasteiger partial charge in [-0.15, -0.1) is 0 Å². The van der Waals surface area contributed by atoms with Gasteiger partial charge in [-0.1, -0.05) is 6.07 Å². The fourth-order valence-corrected chi connectivity index (χ4v) is 2.93. The summed E-state index contributed by atoms with van der Waals surface area (Å²) in [6, 6.07) is 4.65. The molecular weight excluding hydrogens is 240 g/mol. The van der Waals surface area contributed by atoms with Gasteiger partial charge in [-0.3, -0.25) is 4.79 Å². The van der Waals surface area contributed by atoms with Crippen molar-refractivity contribution in [2.75, 3.05) is 13.1 Å². The van der Waals surface area contributed by atoms with E-state index in [1.807, 2.05) is 6.92 Å². The molecular formula is C11H14N2O3S. The third-order valence-electron chi connectivity index (χ3n) is 2.97. The van der Waals surface area contributed by atoms with E-state index in [4.69, 9.17) is 5.14 Å². The molecule has 1 aromatic carbocycles. The van der Waals surface area contributed by atoms with E-state index in [2.05, 4.69) is 0 Å². The average molecular weight is 254 g/mol. The van der Waals surface area contributed by atoms with Crippen molar-refractivity contribution in [1.29, 1.82) is 0 Å². The van der Waals surface area contributed by atoms with Crippen LogP contribution in [0.25, 0.3) is 0 Å². The zero-order valence-corrected chi connectivity index (χ0v) is 10.3. The molecule has 1 heterocycles. The number of sulfonamides is 1. The second-order valence-electron chi connectivity index (χ2n) is 3.96. The van der Waals surface area contributed by atoms with Crippen molar-refractivity contribution in [3.8, 4) is 0 Å². The molecule has 0 aliphatic carbocycles. The highest BCUT2D eigenvalue weighted by atomic mass is 32.2. The number of nitrogens with two attached hydrogens (primary N) is 1. The van der Waals surface area contributed by atoms with Crippen LogP contribution in [0.1, 0.15) is 22.8 Å². The number of rotatable bonds is 2. The van der Waals surface area contributed by atoms with Crippen LogP contribution in [0, 0.1) is 0 Å². The number of hydrogen-bond acceptors (Lipinski definition) is 3. The Balaban J connectivity index is 2.59. The van der Waals surface area contributed by atoms with Crippen LogP contribution >= 0.6 is 0 Å². The Labute approximate surface area is 100 Å². The topological polar surface area (TPSA) is 80.5 Å². The number of benzene rings is 1.